The van der Waals surface area contributed by atoms with E-state index in [-0.39, 0.29) is 29.8 Å². The van der Waals surface area contributed by atoms with Crippen LogP contribution < -0.4 is 4.90 Å². The van der Waals surface area contributed by atoms with Gasteiger partial charge in [0.05, 0.1) is 0 Å². The van der Waals surface area contributed by atoms with Crippen molar-refractivity contribution in [2.24, 2.45) is 0 Å². The summed E-state index contributed by atoms with van der Waals surface area (Å²) in [5.74, 6) is -4.40. The fraction of sp³-hybridized carbons (Fsp3) is 0.300. The molecule has 1 aliphatic rings. The Hall–Kier alpha value is -1.17. The first-order valence-electron chi connectivity index (χ1n) is 4.62. The first-order chi connectivity index (χ1) is 7.49. The molecule has 1 saturated heterocycles. The summed E-state index contributed by atoms with van der Waals surface area (Å²) in [6, 6.07) is 1.62. The fourth-order valence-corrected chi connectivity index (χ4v) is 1.96. The number of thiol groups is 1. The molecule has 0 N–H and O–H groups in total. The molecule has 2 rings (SSSR count). The second kappa shape index (κ2) is 4.01. The number of hydrogen-bond acceptors (Lipinski definition) is 2. The van der Waals surface area contributed by atoms with E-state index in [0.717, 1.165) is 12.1 Å². The van der Waals surface area contributed by atoms with Gasteiger partial charge in [-0.1, -0.05) is 0 Å². The Morgan fingerprint density at radius 1 is 1.25 bits per heavy atom. The van der Waals surface area contributed by atoms with Crippen molar-refractivity contribution in [1.29, 1.82) is 0 Å². The van der Waals surface area contributed by atoms with E-state index >= 15 is 0 Å². The van der Waals surface area contributed by atoms with E-state index in [1.54, 1.807) is 0 Å². The second-order valence-electron chi connectivity index (χ2n) is 3.59. The SMILES string of the molecule is O=C1CC(S)CN1c1cc(F)c(F)c(F)c1. The monoisotopic (exact) mass is 247 g/mol. The summed E-state index contributed by atoms with van der Waals surface area (Å²) in [5.41, 5.74) is 0.0259. The lowest BCUT2D eigenvalue weighted by Gasteiger charge is -2.16. The summed E-state index contributed by atoms with van der Waals surface area (Å²) < 4.78 is 38.6. The van der Waals surface area contributed by atoms with Gasteiger partial charge >= 0.3 is 0 Å². The van der Waals surface area contributed by atoms with E-state index in [1.165, 1.54) is 4.90 Å². The van der Waals surface area contributed by atoms with Crippen LogP contribution in [0, 0.1) is 17.5 Å². The highest BCUT2D eigenvalue weighted by Gasteiger charge is 2.29. The molecule has 1 aromatic carbocycles. The molecule has 1 heterocycles. The number of nitrogens with zero attached hydrogens (tertiary/aromatic N) is 1. The lowest BCUT2D eigenvalue weighted by Crippen LogP contribution is -2.25. The summed E-state index contributed by atoms with van der Waals surface area (Å²) in [5, 5.41) is -0.163. The fourth-order valence-electron chi connectivity index (χ4n) is 1.64. The average molecular weight is 247 g/mol. The van der Waals surface area contributed by atoms with E-state index in [2.05, 4.69) is 12.6 Å². The Labute approximate surface area is 95.5 Å². The van der Waals surface area contributed by atoms with Crippen LogP contribution in [0.25, 0.3) is 0 Å². The van der Waals surface area contributed by atoms with Crippen molar-refractivity contribution in [3.8, 4) is 0 Å². The van der Waals surface area contributed by atoms with Crippen molar-refractivity contribution in [3.05, 3.63) is 29.6 Å². The van der Waals surface area contributed by atoms with Crippen molar-refractivity contribution in [3.63, 3.8) is 0 Å². The number of rotatable bonds is 1. The first kappa shape index (κ1) is 11.3. The Bertz CT molecular complexity index is 429. The standard InChI is InChI=1S/C10H8F3NOS/c11-7-1-5(2-8(12)10(7)13)14-4-6(16)3-9(14)15/h1-2,6,16H,3-4H2. The third-order valence-corrected chi connectivity index (χ3v) is 2.73. The first-order valence-corrected chi connectivity index (χ1v) is 5.13. The summed E-state index contributed by atoms with van der Waals surface area (Å²) in [6.45, 7) is 0.270. The van der Waals surface area contributed by atoms with Crippen LogP contribution in [0.2, 0.25) is 0 Å². The van der Waals surface area contributed by atoms with Crippen molar-refractivity contribution < 1.29 is 18.0 Å². The van der Waals surface area contributed by atoms with Crippen LogP contribution in [0.1, 0.15) is 6.42 Å². The van der Waals surface area contributed by atoms with Crippen LogP contribution >= 0.6 is 12.6 Å². The molecule has 2 nitrogen and oxygen atoms in total. The van der Waals surface area contributed by atoms with Crippen LogP contribution in [0.5, 0.6) is 0 Å². The summed E-state index contributed by atoms with van der Waals surface area (Å²) in [4.78, 5) is 12.6. The molecule has 6 heteroatoms. The minimum Gasteiger partial charge on any atom is -0.311 e. The molecule has 86 valence electrons. The third-order valence-electron chi connectivity index (χ3n) is 2.38. The molecule has 0 radical (unpaired) electrons. The van der Waals surface area contributed by atoms with E-state index in [0.29, 0.717) is 0 Å². The van der Waals surface area contributed by atoms with Crippen molar-refractivity contribution in [1.82, 2.24) is 0 Å². The van der Waals surface area contributed by atoms with E-state index in [9.17, 15) is 18.0 Å². The number of benzene rings is 1. The van der Waals surface area contributed by atoms with Gasteiger partial charge in [0.2, 0.25) is 5.91 Å². The van der Waals surface area contributed by atoms with Gasteiger partial charge in [0.15, 0.2) is 17.5 Å². The van der Waals surface area contributed by atoms with Gasteiger partial charge in [-0.2, -0.15) is 12.6 Å². The molecule has 0 saturated carbocycles. The van der Waals surface area contributed by atoms with Gasteiger partial charge in [-0.3, -0.25) is 4.79 Å². The summed E-state index contributed by atoms with van der Waals surface area (Å²) in [6.07, 6.45) is 0.212. The molecule has 1 fully saturated rings. The van der Waals surface area contributed by atoms with Crippen LogP contribution in [-0.2, 0) is 4.79 Å². The number of carbonyl (C=O) groups excluding carboxylic acids is 1. The quantitative estimate of drug-likeness (QED) is 0.595. The van der Waals surface area contributed by atoms with Crippen molar-refractivity contribution >= 4 is 24.2 Å². The maximum atomic E-state index is 12.9. The number of halogens is 3. The zero-order valence-electron chi connectivity index (χ0n) is 8.08. The molecule has 1 aromatic rings. The lowest BCUT2D eigenvalue weighted by molar-refractivity contribution is -0.117. The largest absolute Gasteiger partial charge is 0.311 e. The molecule has 1 amide bonds. The average Bonchev–Trinajstić information content (AvgIpc) is 2.53. The third kappa shape index (κ3) is 1.89. The molecular weight excluding hydrogens is 239 g/mol. The highest BCUT2D eigenvalue weighted by Crippen LogP contribution is 2.26. The van der Waals surface area contributed by atoms with Crippen LogP contribution in [0.4, 0.5) is 18.9 Å². The molecular formula is C10H8F3NOS. The number of amides is 1. The van der Waals surface area contributed by atoms with Crippen molar-refractivity contribution in [2.75, 3.05) is 11.4 Å². The molecule has 0 aliphatic carbocycles. The number of hydrogen-bond donors (Lipinski definition) is 1. The van der Waals surface area contributed by atoms with Gasteiger partial charge < -0.3 is 4.90 Å². The summed E-state index contributed by atoms with van der Waals surface area (Å²) >= 11 is 4.11. The van der Waals surface area contributed by atoms with Crippen LogP contribution in [0.3, 0.4) is 0 Å². The van der Waals surface area contributed by atoms with Gasteiger partial charge in [0.1, 0.15) is 0 Å². The molecule has 1 atom stereocenters. The minimum atomic E-state index is -1.53. The zero-order valence-corrected chi connectivity index (χ0v) is 8.98. The van der Waals surface area contributed by atoms with E-state index in [4.69, 9.17) is 0 Å². The maximum absolute atomic E-state index is 12.9. The molecule has 0 spiro atoms. The Kier molecular flexibility index (Phi) is 2.84. The summed E-state index contributed by atoms with van der Waals surface area (Å²) in [7, 11) is 0. The topological polar surface area (TPSA) is 20.3 Å². The minimum absolute atomic E-state index is 0.0259. The van der Waals surface area contributed by atoms with Gasteiger partial charge in [-0.05, 0) is 0 Å². The second-order valence-corrected chi connectivity index (χ2v) is 4.32. The highest BCUT2D eigenvalue weighted by atomic mass is 32.1. The predicted octanol–water partition coefficient (Wildman–Crippen LogP) is 2.14. The van der Waals surface area contributed by atoms with Gasteiger partial charge in [0, 0.05) is 36.0 Å². The predicted molar refractivity (Wildman–Crippen MR) is 56.1 cm³/mol. The zero-order chi connectivity index (χ0) is 11.9. The van der Waals surface area contributed by atoms with Gasteiger partial charge in [-0.25, -0.2) is 13.2 Å². The lowest BCUT2D eigenvalue weighted by atomic mass is 10.2. The van der Waals surface area contributed by atoms with Gasteiger partial charge in [-0.15, -0.1) is 0 Å². The maximum Gasteiger partial charge on any atom is 0.228 e. The molecule has 0 aromatic heterocycles. The Balaban J connectivity index is 2.38. The van der Waals surface area contributed by atoms with E-state index < -0.39 is 17.5 Å². The van der Waals surface area contributed by atoms with Gasteiger partial charge in [0.25, 0.3) is 0 Å². The Morgan fingerprint density at radius 3 is 2.25 bits per heavy atom. The number of carbonyl (C=O) groups is 1. The molecule has 0 bridgehead atoms. The Morgan fingerprint density at radius 2 is 1.81 bits per heavy atom. The highest BCUT2D eigenvalue weighted by molar-refractivity contribution is 7.81. The number of anilines is 1. The molecule has 1 unspecified atom stereocenters. The van der Waals surface area contributed by atoms with E-state index in [1.807, 2.05) is 0 Å². The normalized spacial score (nSPS) is 20.6. The molecule has 1 aliphatic heterocycles. The smallest absolute Gasteiger partial charge is 0.228 e. The molecule has 16 heavy (non-hydrogen) atoms. The van der Waals surface area contributed by atoms with Crippen LogP contribution in [-0.4, -0.2) is 17.7 Å². The van der Waals surface area contributed by atoms with Crippen molar-refractivity contribution in [2.45, 2.75) is 11.7 Å². The van der Waals surface area contributed by atoms with Crippen LogP contribution in [0.15, 0.2) is 12.1 Å².